The maximum Gasteiger partial charge on any atom is 0.270 e. The zero-order chi connectivity index (χ0) is 17.2. The molecule has 3 heterocycles. The predicted octanol–water partition coefficient (Wildman–Crippen LogP) is 1.27. The monoisotopic (exact) mass is 341 g/mol. The summed E-state index contributed by atoms with van der Waals surface area (Å²) in [5.41, 5.74) is 3.05. The van der Waals surface area contributed by atoms with Crippen molar-refractivity contribution < 1.29 is 14.6 Å². The van der Waals surface area contributed by atoms with E-state index in [1.807, 2.05) is 12.1 Å². The van der Waals surface area contributed by atoms with E-state index < -0.39 is 6.10 Å². The molecule has 0 unspecified atom stereocenters. The number of aromatic amines is 1. The van der Waals surface area contributed by atoms with Crippen LogP contribution in [0.2, 0.25) is 0 Å². The van der Waals surface area contributed by atoms with Crippen molar-refractivity contribution in [1.82, 2.24) is 14.8 Å². The number of H-pyrrole nitrogens is 1. The van der Waals surface area contributed by atoms with Gasteiger partial charge < -0.3 is 19.7 Å². The Morgan fingerprint density at radius 1 is 1.28 bits per heavy atom. The molecule has 0 aliphatic carbocycles. The van der Waals surface area contributed by atoms with Crippen molar-refractivity contribution in [3.63, 3.8) is 0 Å². The number of hydrogen-bond donors (Lipinski definition) is 2. The summed E-state index contributed by atoms with van der Waals surface area (Å²) in [5.74, 6) is 0.933. The number of aromatic nitrogens is 1. The van der Waals surface area contributed by atoms with E-state index >= 15 is 0 Å². The molecule has 6 heteroatoms. The fraction of sp³-hybridized carbons (Fsp3) is 0.421. The van der Waals surface area contributed by atoms with Gasteiger partial charge in [-0.2, -0.15) is 0 Å². The second kappa shape index (κ2) is 6.90. The maximum atomic E-state index is 12.5. The van der Waals surface area contributed by atoms with Crippen LogP contribution < -0.4 is 4.74 Å². The zero-order valence-corrected chi connectivity index (χ0v) is 14.1. The fourth-order valence-electron chi connectivity index (χ4n) is 3.61. The van der Waals surface area contributed by atoms with Gasteiger partial charge in [-0.1, -0.05) is 12.1 Å². The average molecular weight is 341 g/mol. The molecule has 1 saturated heterocycles. The molecule has 0 bridgehead atoms. The Balaban J connectivity index is 1.42. The largest absolute Gasteiger partial charge is 0.493 e. The molecule has 1 atom stereocenters. The quantitative estimate of drug-likeness (QED) is 0.882. The molecule has 2 aromatic rings. The Labute approximate surface area is 147 Å². The van der Waals surface area contributed by atoms with Crippen LogP contribution in [-0.2, 0) is 13.0 Å². The fourth-order valence-corrected chi connectivity index (χ4v) is 3.61. The molecule has 1 amide bonds. The number of ether oxygens (including phenoxy) is 1. The Hall–Kier alpha value is -2.31. The van der Waals surface area contributed by atoms with Crippen molar-refractivity contribution in [3.8, 4) is 5.75 Å². The third kappa shape index (κ3) is 3.55. The summed E-state index contributed by atoms with van der Waals surface area (Å²) in [7, 11) is 0. The zero-order valence-electron chi connectivity index (χ0n) is 14.1. The standard InChI is InChI=1S/C19H23N3O3/c23-16-12-21(11-14-3-4-18-15(10-14)5-9-25-18)7-8-22(13-16)19(24)17-2-1-6-20-17/h1-4,6,10,16,20,23H,5,7-9,11-13H2/t16-/m1/s1. The lowest BCUT2D eigenvalue weighted by Crippen LogP contribution is -2.37. The molecule has 2 aliphatic rings. The highest BCUT2D eigenvalue weighted by atomic mass is 16.5. The van der Waals surface area contributed by atoms with Crippen molar-refractivity contribution >= 4 is 5.91 Å². The summed E-state index contributed by atoms with van der Waals surface area (Å²) in [6.07, 6.45) is 2.16. The Kier molecular flexibility index (Phi) is 4.46. The maximum absolute atomic E-state index is 12.5. The van der Waals surface area contributed by atoms with Gasteiger partial charge in [0.25, 0.3) is 5.91 Å². The van der Waals surface area contributed by atoms with E-state index in [2.05, 4.69) is 22.0 Å². The topological polar surface area (TPSA) is 68.8 Å². The predicted molar refractivity (Wildman–Crippen MR) is 93.6 cm³/mol. The number of nitrogens with zero attached hydrogens (tertiary/aromatic N) is 2. The number of β-amino-alcohol motifs (C(OH)–C–C–N with tert-alkyl or cyclic N) is 1. The first-order valence-corrected chi connectivity index (χ1v) is 8.77. The lowest BCUT2D eigenvalue weighted by atomic mass is 10.1. The lowest BCUT2D eigenvalue weighted by molar-refractivity contribution is 0.0658. The third-order valence-electron chi connectivity index (χ3n) is 4.86. The van der Waals surface area contributed by atoms with E-state index in [4.69, 9.17) is 4.74 Å². The summed E-state index contributed by atoms with van der Waals surface area (Å²) >= 11 is 0. The van der Waals surface area contributed by atoms with Crippen LogP contribution in [0.3, 0.4) is 0 Å². The van der Waals surface area contributed by atoms with Crippen LogP contribution in [0.4, 0.5) is 0 Å². The van der Waals surface area contributed by atoms with E-state index in [1.54, 1.807) is 17.2 Å². The molecule has 2 N–H and O–H groups in total. The Morgan fingerprint density at radius 3 is 3.04 bits per heavy atom. The average Bonchev–Trinajstić information content (AvgIpc) is 3.25. The van der Waals surface area contributed by atoms with Gasteiger partial charge in [-0.05, 0) is 29.3 Å². The molecule has 2 aliphatic heterocycles. The first-order chi connectivity index (χ1) is 12.2. The number of fused-ring (bicyclic) bond motifs is 1. The van der Waals surface area contributed by atoms with Crippen molar-refractivity contribution in [2.24, 2.45) is 0 Å². The molecule has 25 heavy (non-hydrogen) atoms. The molecule has 0 saturated carbocycles. The summed E-state index contributed by atoms with van der Waals surface area (Å²) in [6.45, 7) is 3.83. The highest BCUT2D eigenvalue weighted by Crippen LogP contribution is 2.26. The van der Waals surface area contributed by atoms with Gasteiger partial charge >= 0.3 is 0 Å². The molecular weight excluding hydrogens is 318 g/mol. The van der Waals surface area contributed by atoms with E-state index in [-0.39, 0.29) is 5.91 Å². The molecule has 0 spiro atoms. The van der Waals surface area contributed by atoms with Gasteiger partial charge in [-0.25, -0.2) is 0 Å². The summed E-state index contributed by atoms with van der Waals surface area (Å²) < 4.78 is 5.56. The van der Waals surface area contributed by atoms with E-state index in [0.717, 1.165) is 31.9 Å². The highest BCUT2D eigenvalue weighted by Gasteiger charge is 2.25. The van der Waals surface area contributed by atoms with Gasteiger partial charge in [0.15, 0.2) is 0 Å². The van der Waals surface area contributed by atoms with Crippen LogP contribution in [-0.4, -0.2) is 64.7 Å². The van der Waals surface area contributed by atoms with Crippen LogP contribution in [0.25, 0.3) is 0 Å². The molecule has 6 nitrogen and oxygen atoms in total. The van der Waals surface area contributed by atoms with Crippen molar-refractivity contribution in [1.29, 1.82) is 0 Å². The second-order valence-electron chi connectivity index (χ2n) is 6.76. The second-order valence-corrected chi connectivity index (χ2v) is 6.76. The third-order valence-corrected chi connectivity index (χ3v) is 4.86. The first-order valence-electron chi connectivity index (χ1n) is 8.77. The van der Waals surface area contributed by atoms with Gasteiger partial charge in [0.2, 0.25) is 0 Å². The van der Waals surface area contributed by atoms with Crippen molar-refractivity contribution in [2.75, 3.05) is 32.8 Å². The number of hydrogen-bond acceptors (Lipinski definition) is 4. The van der Waals surface area contributed by atoms with Gasteiger partial charge in [0.1, 0.15) is 11.4 Å². The molecule has 1 aromatic heterocycles. The Bertz CT molecular complexity index is 744. The number of nitrogens with one attached hydrogen (secondary N) is 1. The molecule has 0 radical (unpaired) electrons. The number of carbonyl (C=O) groups excluding carboxylic acids is 1. The van der Waals surface area contributed by atoms with Crippen LogP contribution in [0.1, 0.15) is 21.6 Å². The molecule has 1 fully saturated rings. The first kappa shape index (κ1) is 16.2. The van der Waals surface area contributed by atoms with Crippen LogP contribution >= 0.6 is 0 Å². The highest BCUT2D eigenvalue weighted by molar-refractivity contribution is 5.92. The molecular formula is C19H23N3O3. The minimum absolute atomic E-state index is 0.0550. The van der Waals surface area contributed by atoms with Crippen LogP contribution in [0.15, 0.2) is 36.5 Å². The minimum Gasteiger partial charge on any atom is -0.493 e. The smallest absolute Gasteiger partial charge is 0.270 e. The van der Waals surface area contributed by atoms with Crippen LogP contribution in [0, 0.1) is 0 Å². The van der Waals surface area contributed by atoms with E-state index in [9.17, 15) is 9.90 Å². The number of amides is 1. The van der Waals surface area contributed by atoms with Gasteiger partial charge in [0.05, 0.1) is 12.7 Å². The summed E-state index contributed by atoms with van der Waals surface area (Å²) in [5, 5.41) is 10.3. The number of rotatable bonds is 3. The normalized spacial score (nSPS) is 20.8. The van der Waals surface area contributed by atoms with Crippen molar-refractivity contribution in [3.05, 3.63) is 53.3 Å². The van der Waals surface area contributed by atoms with Gasteiger partial charge in [-0.15, -0.1) is 0 Å². The molecule has 1 aromatic carbocycles. The lowest BCUT2D eigenvalue weighted by Gasteiger charge is -2.21. The van der Waals surface area contributed by atoms with Crippen LogP contribution in [0.5, 0.6) is 5.75 Å². The summed E-state index contributed by atoms with van der Waals surface area (Å²) in [4.78, 5) is 19.4. The Morgan fingerprint density at radius 2 is 2.20 bits per heavy atom. The SMILES string of the molecule is O=C(c1ccc[nH]1)N1CCN(Cc2ccc3c(c2)CCO3)C[C@@H](O)C1. The number of carbonyl (C=O) groups is 1. The number of aliphatic hydroxyl groups is 1. The molecule has 132 valence electrons. The number of benzene rings is 1. The van der Waals surface area contributed by atoms with E-state index in [1.165, 1.54) is 11.1 Å². The number of aliphatic hydroxyl groups excluding tert-OH is 1. The van der Waals surface area contributed by atoms with Crippen molar-refractivity contribution in [2.45, 2.75) is 19.1 Å². The summed E-state index contributed by atoms with van der Waals surface area (Å²) in [6, 6.07) is 9.90. The van der Waals surface area contributed by atoms with Gasteiger partial charge in [0, 0.05) is 45.3 Å². The minimum atomic E-state index is -0.542. The van der Waals surface area contributed by atoms with E-state index in [0.29, 0.717) is 25.3 Å². The molecule has 4 rings (SSSR count). The van der Waals surface area contributed by atoms with Gasteiger partial charge in [-0.3, -0.25) is 9.69 Å².